The Balaban J connectivity index is 2.73. The SMILES string of the molecule is CCOC(=O)C1=C(N)OC(C)=C(C(C)=O)[C@@H]1c1ccc(Cl)c([N+](=O)[O-])c1. The maximum atomic E-state index is 12.4. The molecule has 0 amide bonds. The normalized spacial score (nSPS) is 17.0. The molecule has 0 aromatic heterocycles. The summed E-state index contributed by atoms with van der Waals surface area (Å²) in [7, 11) is 0. The lowest BCUT2D eigenvalue weighted by atomic mass is 9.81. The van der Waals surface area contributed by atoms with Crippen LogP contribution in [0, 0.1) is 10.1 Å². The minimum absolute atomic E-state index is 0.0643. The first-order chi connectivity index (χ1) is 12.2. The number of nitro groups is 1. The number of halogens is 1. The van der Waals surface area contributed by atoms with Gasteiger partial charge in [0.15, 0.2) is 5.78 Å². The van der Waals surface area contributed by atoms with Gasteiger partial charge in [-0.3, -0.25) is 14.9 Å². The Morgan fingerprint density at radius 3 is 2.58 bits per heavy atom. The molecule has 1 atom stereocenters. The standard InChI is InChI=1S/C17H17ClN2O6/c1-4-25-17(22)15-14(13(8(2)21)9(3)26-16(15)19)10-5-6-11(18)12(7-10)20(23)24/h5-7,14H,4,19H2,1-3H3/t14-/m0/s1. The molecule has 0 bridgehead atoms. The van der Waals surface area contributed by atoms with Gasteiger partial charge in [-0.25, -0.2) is 4.79 Å². The molecule has 138 valence electrons. The van der Waals surface area contributed by atoms with Crippen LogP contribution in [-0.2, 0) is 19.1 Å². The molecule has 2 N–H and O–H groups in total. The fraction of sp³-hybridized carbons (Fsp3) is 0.294. The molecule has 8 nitrogen and oxygen atoms in total. The van der Waals surface area contributed by atoms with E-state index in [4.69, 9.17) is 26.8 Å². The number of nitrogens with two attached hydrogens (primary N) is 1. The summed E-state index contributed by atoms with van der Waals surface area (Å²) in [6.45, 7) is 4.54. The molecule has 0 aliphatic carbocycles. The summed E-state index contributed by atoms with van der Waals surface area (Å²) < 4.78 is 10.4. The van der Waals surface area contributed by atoms with E-state index in [1.807, 2.05) is 0 Å². The number of rotatable bonds is 5. The Labute approximate surface area is 154 Å². The minimum Gasteiger partial charge on any atom is -0.462 e. The van der Waals surface area contributed by atoms with Crippen LogP contribution in [-0.4, -0.2) is 23.3 Å². The highest BCUT2D eigenvalue weighted by Gasteiger charge is 2.38. The van der Waals surface area contributed by atoms with Crippen molar-refractivity contribution in [1.29, 1.82) is 0 Å². The lowest BCUT2D eigenvalue weighted by Gasteiger charge is -2.28. The summed E-state index contributed by atoms with van der Waals surface area (Å²) in [6.07, 6.45) is 0. The Morgan fingerprint density at radius 2 is 2.04 bits per heavy atom. The molecule has 2 rings (SSSR count). The predicted octanol–water partition coefficient (Wildman–Crippen LogP) is 2.96. The first kappa shape index (κ1) is 19.5. The number of carbonyl (C=O) groups is 2. The number of carbonyl (C=O) groups excluding carboxylic acids is 2. The molecule has 0 radical (unpaired) electrons. The van der Waals surface area contributed by atoms with Crippen LogP contribution in [0.1, 0.15) is 32.3 Å². The number of nitro benzene ring substituents is 1. The lowest BCUT2D eigenvalue weighted by Crippen LogP contribution is -2.28. The quantitative estimate of drug-likeness (QED) is 0.473. The fourth-order valence-corrected chi connectivity index (χ4v) is 3.01. The Morgan fingerprint density at radius 1 is 1.38 bits per heavy atom. The van der Waals surface area contributed by atoms with E-state index in [2.05, 4.69) is 0 Å². The summed E-state index contributed by atoms with van der Waals surface area (Å²) in [5.74, 6) is -2.09. The first-order valence-electron chi connectivity index (χ1n) is 7.69. The van der Waals surface area contributed by atoms with Crippen LogP contribution >= 0.6 is 11.6 Å². The largest absolute Gasteiger partial charge is 0.462 e. The van der Waals surface area contributed by atoms with Gasteiger partial charge >= 0.3 is 5.97 Å². The van der Waals surface area contributed by atoms with Gasteiger partial charge in [-0.2, -0.15) is 0 Å². The third kappa shape index (κ3) is 3.55. The monoisotopic (exact) mass is 380 g/mol. The highest BCUT2D eigenvalue weighted by Crippen LogP contribution is 2.42. The van der Waals surface area contributed by atoms with Crippen LogP contribution in [0.4, 0.5) is 5.69 Å². The number of allylic oxidation sites excluding steroid dienone is 2. The predicted molar refractivity (Wildman–Crippen MR) is 93.2 cm³/mol. The third-order valence-corrected chi connectivity index (χ3v) is 4.18. The van der Waals surface area contributed by atoms with Crippen LogP contribution in [0.5, 0.6) is 0 Å². The Kier molecular flexibility index (Phi) is 5.66. The molecule has 1 aliphatic rings. The number of ether oxygens (including phenoxy) is 2. The second kappa shape index (κ2) is 7.57. The van der Waals surface area contributed by atoms with E-state index in [1.165, 1.54) is 32.0 Å². The molecule has 0 spiro atoms. The Bertz CT molecular complexity index is 859. The average Bonchev–Trinajstić information content (AvgIpc) is 2.53. The van der Waals surface area contributed by atoms with Crippen molar-refractivity contribution in [3.8, 4) is 0 Å². The van der Waals surface area contributed by atoms with Crippen LogP contribution in [0.2, 0.25) is 5.02 Å². The lowest BCUT2D eigenvalue weighted by molar-refractivity contribution is -0.384. The highest BCUT2D eigenvalue weighted by atomic mass is 35.5. The smallest absolute Gasteiger partial charge is 0.340 e. The van der Waals surface area contributed by atoms with Crippen LogP contribution < -0.4 is 5.73 Å². The summed E-state index contributed by atoms with van der Waals surface area (Å²) in [4.78, 5) is 35.2. The molecule has 0 fully saturated rings. The zero-order chi connectivity index (χ0) is 19.6. The van der Waals surface area contributed by atoms with Gasteiger partial charge in [0, 0.05) is 11.6 Å². The number of Topliss-reactive ketones (excluding diaryl/α,β-unsaturated/α-hetero) is 1. The van der Waals surface area contributed by atoms with Crippen LogP contribution in [0.25, 0.3) is 0 Å². The average molecular weight is 381 g/mol. The van der Waals surface area contributed by atoms with Crippen molar-refractivity contribution in [1.82, 2.24) is 0 Å². The summed E-state index contributed by atoms with van der Waals surface area (Å²) in [6, 6.07) is 4.03. The molecule has 0 unspecified atom stereocenters. The van der Waals surface area contributed by atoms with E-state index in [-0.39, 0.29) is 45.9 Å². The zero-order valence-electron chi connectivity index (χ0n) is 14.4. The van der Waals surface area contributed by atoms with Crippen molar-refractivity contribution in [2.75, 3.05) is 6.61 Å². The molecular weight excluding hydrogens is 364 g/mol. The molecule has 0 saturated carbocycles. The first-order valence-corrected chi connectivity index (χ1v) is 8.06. The Hall–Kier alpha value is -2.87. The summed E-state index contributed by atoms with van der Waals surface area (Å²) in [5.41, 5.74) is 5.91. The van der Waals surface area contributed by atoms with E-state index in [0.29, 0.717) is 5.56 Å². The van der Waals surface area contributed by atoms with E-state index < -0.39 is 16.8 Å². The van der Waals surface area contributed by atoms with Crippen LogP contribution in [0.15, 0.2) is 41.0 Å². The molecule has 9 heteroatoms. The number of benzene rings is 1. The summed E-state index contributed by atoms with van der Waals surface area (Å²) >= 11 is 5.86. The second-order valence-electron chi connectivity index (χ2n) is 5.53. The maximum absolute atomic E-state index is 12.4. The highest BCUT2D eigenvalue weighted by molar-refractivity contribution is 6.32. The van der Waals surface area contributed by atoms with Crippen molar-refractivity contribution in [2.45, 2.75) is 26.7 Å². The van der Waals surface area contributed by atoms with E-state index in [9.17, 15) is 19.7 Å². The number of nitrogens with zero attached hydrogens (tertiary/aromatic N) is 1. The minimum atomic E-state index is -0.962. The zero-order valence-corrected chi connectivity index (χ0v) is 15.1. The van der Waals surface area contributed by atoms with Crippen molar-refractivity contribution in [2.24, 2.45) is 5.73 Å². The molecule has 0 saturated heterocycles. The number of esters is 1. The molecule has 1 heterocycles. The second-order valence-corrected chi connectivity index (χ2v) is 5.93. The van der Waals surface area contributed by atoms with Crippen molar-refractivity contribution in [3.63, 3.8) is 0 Å². The van der Waals surface area contributed by atoms with Gasteiger partial charge in [-0.15, -0.1) is 0 Å². The van der Waals surface area contributed by atoms with Gasteiger partial charge in [0.2, 0.25) is 5.88 Å². The molecule has 26 heavy (non-hydrogen) atoms. The van der Waals surface area contributed by atoms with E-state index in [1.54, 1.807) is 6.92 Å². The van der Waals surface area contributed by atoms with Gasteiger partial charge in [-0.05, 0) is 32.4 Å². The third-order valence-electron chi connectivity index (χ3n) is 3.86. The molecular formula is C17H17ClN2O6. The van der Waals surface area contributed by atoms with Crippen molar-refractivity contribution >= 4 is 29.0 Å². The van der Waals surface area contributed by atoms with Gasteiger partial charge in [-0.1, -0.05) is 17.7 Å². The molecule has 1 aliphatic heterocycles. The van der Waals surface area contributed by atoms with E-state index in [0.717, 1.165) is 0 Å². The summed E-state index contributed by atoms with van der Waals surface area (Å²) in [5, 5.41) is 11.1. The molecule has 1 aromatic carbocycles. The van der Waals surface area contributed by atoms with Crippen molar-refractivity contribution < 1.29 is 24.0 Å². The van der Waals surface area contributed by atoms with Crippen LogP contribution in [0.3, 0.4) is 0 Å². The molecule has 1 aromatic rings. The fourth-order valence-electron chi connectivity index (χ4n) is 2.83. The van der Waals surface area contributed by atoms with Gasteiger partial charge in [0.25, 0.3) is 5.69 Å². The maximum Gasteiger partial charge on any atom is 0.340 e. The van der Waals surface area contributed by atoms with Crippen molar-refractivity contribution in [3.05, 3.63) is 61.7 Å². The van der Waals surface area contributed by atoms with Gasteiger partial charge < -0.3 is 15.2 Å². The van der Waals surface area contributed by atoms with Gasteiger partial charge in [0.05, 0.1) is 17.4 Å². The van der Waals surface area contributed by atoms with E-state index >= 15 is 0 Å². The number of ketones is 1. The number of hydrogen-bond donors (Lipinski definition) is 1. The number of hydrogen-bond acceptors (Lipinski definition) is 7. The van der Waals surface area contributed by atoms with Gasteiger partial charge in [0.1, 0.15) is 16.4 Å². The topological polar surface area (TPSA) is 122 Å².